The van der Waals surface area contributed by atoms with Gasteiger partial charge in [0.15, 0.2) is 5.82 Å². The summed E-state index contributed by atoms with van der Waals surface area (Å²) in [6.45, 7) is 4.57. The predicted molar refractivity (Wildman–Crippen MR) is 126 cm³/mol. The third kappa shape index (κ3) is 3.97. The molecule has 0 saturated heterocycles. The summed E-state index contributed by atoms with van der Waals surface area (Å²) in [5.41, 5.74) is 4.58. The van der Waals surface area contributed by atoms with E-state index in [0.717, 1.165) is 16.8 Å². The van der Waals surface area contributed by atoms with Gasteiger partial charge in [-0.2, -0.15) is 0 Å². The van der Waals surface area contributed by atoms with Gasteiger partial charge >= 0.3 is 0 Å². The monoisotopic (exact) mass is 427 g/mol. The number of amides is 1. The second-order valence-corrected chi connectivity index (χ2v) is 9.07. The number of fused-ring (bicyclic) bond motifs is 1. The van der Waals surface area contributed by atoms with Crippen molar-refractivity contribution in [2.24, 2.45) is 0 Å². The average Bonchev–Trinajstić information content (AvgIpc) is 3.18. The van der Waals surface area contributed by atoms with E-state index in [1.54, 1.807) is 12.4 Å². The van der Waals surface area contributed by atoms with Gasteiger partial charge in [0.2, 0.25) is 0 Å². The van der Waals surface area contributed by atoms with E-state index in [1.165, 1.54) is 37.7 Å². The van der Waals surface area contributed by atoms with Crippen molar-refractivity contribution in [1.29, 1.82) is 0 Å². The number of pyridine rings is 1. The van der Waals surface area contributed by atoms with Gasteiger partial charge in [-0.15, -0.1) is 0 Å². The lowest BCUT2D eigenvalue weighted by atomic mass is 9.84. The van der Waals surface area contributed by atoms with Gasteiger partial charge in [0, 0.05) is 35.2 Å². The van der Waals surface area contributed by atoms with Crippen molar-refractivity contribution < 1.29 is 4.79 Å². The van der Waals surface area contributed by atoms with Gasteiger partial charge in [0.25, 0.3) is 5.91 Å². The lowest BCUT2D eigenvalue weighted by molar-refractivity contribution is 0.0726. The summed E-state index contributed by atoms with van der Waals surface area (Å²) < 4.78 is 0. The Kier molecular flexibility index (Phi) is 5.60. The minimum absolute atomic E-state index is 0.0385. The van der Waals surface area contributed by atoms with Crippen molar-refractivity contribution in [1.82, 2.24) is 19.9 Å². The smallest absolute Gasteiger partial charge is 0.273 e. The molecule has 3 heterocycles. The Morgan fingerprint density at radius 2 is 1.69 bits per heavy atom. The number of hydrogen-bond acceptors (Lipinski definition) is 5. The van der Waals surface area contributed by atoms with Crippen LogP contribution in [-0.4, -0.2) is 31.8 Å². The highest BCUT2D eigenvalue weighted by Gasteiger charge is 2.34. The van der Waals surface area contributed by atoms with E-state index in [4.69, 9.17) is 4.98 Å². The van der Waals surface area contributed by atoms with Gasteiger partial charge in [0.05, 0.1) is 6.54 Å². The molecule has 1 N–H and O–H groups in total. The number of benzene rings is 1. The number of nitrogens with one attached hydrogen (secondary N) is 1. The summed E-state index contributed by atoms with van der Waals surface area (Å²) in [5.74, 6) is 1.87. The average molecular weight is 428 g/mol. The molecule has 1 amide bonds. The third-order valence-corrected chi connectivity index (χ3v) is 6.61. The highest BCUT2D eigenvalue weighted by atomic mass is 16.2. The van der Waals surface area contributed by atoms with E-state index in [-0.39, 0.29) is 11.9 Å². The molecule has 32 heavy (non-hydrogen) atoms. The fourth-order valence-electron chi connectivity index (χ4n) is 4.75. The molecule has 1 saturated carbocycles. The fourth-order valence-corrected chi connectivity index (χ4v) is 4.75. The van der Waals surface area contributed by atoms with E-state index < -0.39 is 0 Å². The standard InChI is InChI=1S/C26H29N5O/c1-17(2)31-16-22-23(26(31)32)29-24(20-12-14-27-15-13-20)30-25(22)28-21-10-8-19(9-11-21)18-6-4-3-5-7-18/h8-15,17-18H,3-7,16H2,1-2H3,(H,28,29,30). The van der Waals surface area contributed by atoms with Gasteiger partial charge in [0.1, 0.15) is 11.5 Å². The number of carbonyl (C=O) groups is 1. The number of nitrogens with zero attached hydrogens (tertiary/aromatic N) is 4. The predicted octanol–water partition coefficient (Wildman–Crippen LogP) is 5.69. The Morgan fingerprint density at radius 1 is 0.969 bits per heavy atom. The van der Waals surface area contributed by atoms with Gasteiger partial charge in [-0.3, -0.25) is 9.78 Å². The normalized spacial score (nSPS) is 16.5. The van der Waals surface area contributed by atoms with E-state index in [0.29, 0.717) is 29.8 Å². The van der Waals surface area contributed by atoms with Gasteiger partial charge < -0.3 is 10.2 Å². The second kappa shape index (κ2) is 8.69. The molecule has 6 nitrogen and oxygen atoms in total. The van der Waals surface area contributed by atoms with Gasteiger partial charge in [-0.25, -0.2) is 9.97 Å². The Balaban J connectivity index is 1.48. The maximum atomic E-state index is 13.0. The number of carbonyl (C=O) groups excluding carboxylic acids is 1. The van der Waals surface area contributed by atoms with Crippen LogP contribution in [0.25, 0.3) is 11.4 Å². The molecule has 164 valence electrons. The number of aromatic nitrogens is 3. The SMILES string of the molecule is CC(C)N1Cc2c(Nc3ccc(C4CCCCC4)cc3)nc(-c3ccncc3)nc2C1=O. The summed E-state index contributed by atoms with van der Waals surface area (Å²) in [4.78, 5) is 28.4. The first kappa shape index (κ1) is 20.6. The number of hydrogen-bond donors (Lipinski definition) is 1. The van der Waals surface area contributed by atoms with Crippen LogP contribution in [0.15, 0.2) is 48.8 Å². The molecule has 1 aliphatic heterocycles. The Hall–Kier alpha value is -3.28. The Bertz CT molecular complexity index is 1110. The number of rotatable bonds is 5. The molecule has 2 aliphatic rings. The highest BCUT2D eigenvalue weighted by Crippen LogP contribution is 2.35. The summed E-state index contributed by atoms with van der Waals surface area (Å²) in [5, 5.41) is 3.48. The minimum Gasteiger partial charge on any atom is -0.340 e. The zero-order chi connectivity index (χ0) is 22.1. The molecular formula is C26H29N5O. The van der Waals surface area contributed by atoms with Crippen molar-refractivity contribution in [2.45, 2.75) is 64.5 Å². The molecule has 0 unspecified atom stereocenters. The summed E-state index contributed by atoms with van der Waals surface area (Å²) >= 11 is 0. The first-order valence-electron chi connectivity index (χ1n) is 11.6. The summed E-state index contributed by atoms with van der Waals surface area (Å²) in [6, 6.07) is 12.5. The van der Waals surface area contributed by atoms with Crippen LogP contribution in [0, 0.1) is 0 Å². The molecule has 1 aliphatic carbocycles. The van der Waals surface area contributed by atoms with Gasteiger partial charge in [-0.1, -0.05) is 31.4 Å². The van der Waals surface area contributed by atoms with Crippen LogP contribution < -0.4 is 5.32 Å². The van der Waals surface area contributed by atoms with E-state index in [9.17, 15) is 4.79 Å². The third-order valence-electron chi connectivity index (χ3n) is 6.61. The van der Waals surface area contributed by atoms with Crippen LogP contribution in [-0.2, 0) is 6.54 Å². The van der Waals surface area contributed by atoms with Crippen molar-refractivity contribution in [3.8, 4) is 11.4 Å². The molecular weight excluding hydrogens is 398 g/mol. The van der Waals surface area contributed by atoms with E-state index in [1.807, 2.05) is 30.9 Å². The van der Waals surface area contributed by atoms with E-state index >= 15 is 0 Å². The van der Waals surface area contributed by atoms with Crippen molar-refractivity contribution in [2.75, 3.05) is 5.32 Å². The van der Waals surface area contributed by atoms with Crippen LogP contribution in [0.4, 0.5) is 11.5 Å². The molecule has 0 radical (unpaired) electrons. The van der Waals surface area contributed by atoms with Crippen LogP contribution in [0.5, 0.6) is 0 Å². The van der Waals surface area contributed by atoms with Crippen molar-refractivity contribution >= 4 is 17.4 Å². The molecule has 1 fully saturated rings. The van der Waals surface area contributed by atoms with Crippen LogP contribution in [0.1, 0.15) is 73.5 Å². The first-order valence-corrected chi connectivity index (χ1v) is 11.6. The zero-order valence-corrected chi connectivity index (χ0v) is 18.7. The largest absolute Gasteiger partial charge is 0.340 e. The molecule has 1 aromatic carbocycles. The molecule has 5 rings (SSSR count). The van der Waals surface area contributed by atoms with Gasteiger partial charge in [-0.05, 0) is 62.4 Å². The maximum Gasteiger partial charge on any atom is 0.273 e. The van der Waals surface area contributed by atoms with Crippen LogP contribution >= 0.6 is 0 Å². The highest BCUT2D eigenvalue weighted by molar-refractivity contribution is 5.98. The topological polar surface area (TPSA) is 71.0 Å². The van der Waals surface area contributed by atoms with E-state index in [2.05, 4.69) is 39.6 Å². The second-order valence-electron chi connectivity index (χ2n) is 9.07. The first-order chi connectivity index (χ1) is 15.6. The number of anilines is 2. The van der Waals surface area contributed by atoms with Crippen LogP contribution in [0.3, 0.4) is 0 Å². The molecule has 0 spiro atoms. The molecule has 2 aromatic heterocycles. The van der Waals surface area contributed by atoms with Crippen molar-refractivity contribution in [3.05, 3.63) is 65.6 Å². The minimum atomic E-state index is -0.0385. The lowest BCUT2D eigenvalue weighted by Crippen LogP contribution is -2.31. The zero-order valence-electron chi connectivity index (χ0n) is 18.7. The molecule has 6 heteroatoms. The Morgan fingerprint density at radius 3 is 2.38 bits per heavy atom. The van der Waals surface area contributed by atoms with Crippen LogP contribution in [0.2, 0.25) is 0 Å². The summed E-state index contributed by atoms with van der Waals surface area (Å²) in [6.07, 6.45) is 10.0. The molecule has 0 atom stereocenters. The summed E-state index contributed by atoms with van der Waals surface area (Å²) in [7, 11) is 0. The maximum absolute atomic E-state index is 13.0. The molecule has 3 aromatic rings. The Labute approximate surface area is 189 Å². The van der Waals surface area contributed by atoms with Crippen molar-refractivity contribution in [3.63, 3.8) is 0 Å². The lowest BCUT2D eigenvalue weighted by Gasteiger charge is -2.22. The fraction of sp³-hybridized carbons (Fsp3) is 0.385. The quantitative estimate of drug-likeness (QED) is 0.566. The molecule has 0 bridgehead atoms.